The number of amides is 1. The number of carboxylic acids is 1. The lowest BCUT2D eigenvalue weighted by atomic mass is 10.1. The van der Waals surface area contributed by atoms with E-state index >= 15 is 0 Å². The van der Waals surface area contributed by atoms with Gasteiger partial charge in [0, 0.05) is 29.3 Å². The summed E-state index contributed by atoms with van der Waals surface area (Å²) in [4.78, 5) is 27.0. The fourth-order valence-corrected chi connectivity index (χ4v) is 3.16. The third-order valence-electron chi connectivity index (χ3n) is 4.60. The molecular formula is C22H25N3O4. The monoisotopic (exact) mass is 395 g/mol. The van der Waals surface area contributed by atoms with Crippen LogP contribution < -0.4 is 15.4 Å². The number of carbonyl (C=O) groups excluding carboxylic acids is 1. The van der Waals surface area contributed by atoms with Crippen LogP contribution in [0.3, 0.4) is 0 Å². The maximum atomic E-state index is 12.3. The van der Waals surface area contributed by atoms with Crippen molar-refractivity contribution in [1.82, 2.24) is 10.3 Å². The van der Waals surface area contributed by atoms with Crippen molar-refractivity contribution in [2.45, 2.75) is 25.8 Å². The summed E-state index contributed by atoms with van der Waals surface area (Å²) in [6.07, 6.45) is 2.44. The molecule has 0 bridgehead atoms. The molecule has 0 radical (unpaired) electrons. The summed E-state index contributed by atoms with van der Waals surface area (Å²) in [5.41, 5.74) is 2.75. The quantitative estimate of drug-likeness (QED) is 0.422. The highest BCUT2D eigenvalue weighted by molar-refractivity contribution is 5.94. The smallest absolute Gasteiger partial charge is 0.321 e. The number of carboxylic acid groups (broad SMARTS) is 1. The van der Waals surface area contributed by atoms with Crippen molar-refractivity contribution in [1.29, 1.82) is 0 Å². The molecule has 0 saturated carbocycles. The summed E-state index contributed by atoms with van der Waals surface area (Å²) in [5, 5.41) is 16.3. The summed E-state index contributed by atoms with van der Waals surface area (Å²) >= 11 is 0. The normalized spacial score (nSPS) is 11.9. The Morgan fingerprint density at radius 3 is 2.62 bits per heavy atom. The molecule has 1 amide bonds. The van der Waals surface area contributed by atoms with Crippen LogP contribution >= 0.6 is 0 Å². The van der Waals surface area contributed by atoms with E-state index in [2.05, 4.69) is 15.6 Å². The van der Waals surface area contributed by atoms with Crippen molar-refractivity contribution < 1.29 is 19.4 Å². The number of H-pyrrole nitrogens is 1. The summed E-state index contributed by atoms with van der Waals surface area (Å²) in [6, 6.07) is 14.0. The standard InChI is InChI=1S/C22H25N3O4/c1-2-29-17-9-7-16(8-10-17)25-21(26)13-20(22(27)28)23-12-11-15-14-24-19-6-4-3-5-18(15)19/h3-10,14,20,23-24H,2,11-13H2,1H3,(H,25,26)(H,27,28)/t20-/m0/s1. The molecule has 2 aromatic carbocycles. The Kier molecular flexibility index (Phi) is 6.86. The maximum absolute atomic E-state index is 12.3. The van der Waals surface area contributed by atoms with Gasteiger partial charge in [0.25, 0.3) is 0 Å². The third kappa shape index (κ3) is 5.58. The van der Waals surface area contributed by atoms with Crippen molar-refractivity contribution in [3.05, 3.63) is 60.3 Å². The molecule has 0 aliphatic rings. The van der Waals surface area contributed by atoms with Gasteiger partial charge in [0.15, 0.2) is 0 Å². The number of aromatic nitrogens is 1. The molecule has 29 heavy (non-hydrogen) atoms. The highest BCUT2D eigenvalue weighted by Gasteiger charge is 2.20. The van der Waals surface area contributed by atoms with Crippen LogP contribution in [0.5, 0.6) is 5.75 Å². The second-order valence-electron chi connectivity index (χ2n) is 6.66. The highest BCUT2D eigenvalue weighted by Crippen LogP contribution is 2.18. The van der Waals surface area contributed by atoms with Gasteiger partial charge in [0.05, 0.1) is 13.0 Å². The van der Waals surface area contributed by atoms with E-state index in [0.29, 0.717) is 31.0 Å². The largest absolute Gasteiger partial charge is 0.494 e. The van der Waals surface area contributed by atoms with Crippen LogP contribution in [-0.2, 0) is 16.0 Å². The first-order chi connectivity index (χ1) is 14.1. The van der Waals surface area contributed by atoms with E-state index in [1.165, 1.54) is 0 Å². The minimum absolute atomic E-state index is 0.156. The Balaban J connectivity index is 1.51. The first-order valence-corrected chi connectivity index (χ1v) is 9.60. The van der Waals surface area contributed by atoms with Crippen molar-refractivity contribution in [2.75, 3.05) is 18.5 Å². The van der Waals surface area contributed by atoms with Gasteiger partial charge in [0.1, 0.15) is 11.8 Å². The van der Waals surface area contributed by atoms with E-state index in [9.17, 15) is 14.7 Å². The fraction of sp³-hybridized carbons (Fsp3) is 0.273. The fourth-order valence-electron chi connectivity index (χ4n) is 3.16. The number of nitrogens with one attached hydrogen (secondary N) is 3. The lowest BCUT2D eigenvalue weighted by molar-refractivity contribution is -0.141. The molecule has 0 aliphatic carbocycles. The van der Waals surface area contributed by atoms with Gasteiger partial charge in [0.2, 0.25) is 5.91 Å². The first kappa shape index (κ1) is 20.4. The van der Waals surface area contributed by atoms with E-state index in [-0.39, 0.29) is 12.3 Å². The first-order valence-electron chi connectivity index (χ1n) is 9.60. The minimum Gasteiger partial charge on any atom is -0.494 e. The molecule has 4 N–H and O–H groups in total. The van der Waals surface area contributed by atoms with Gasteiger partial charge < -0.3 is 25.5 Å². The van der Waals surface area contributed by atoms with Crippen molar-refractivity contribution in [3.8, 4) is 5.75 Å². The average molecular weight is 395 g/mol. The third-order valence-corrected chi connectivity index (χ3v) is 4.60. The number of carbonyl (C=O) groups is 2. The van der Waals surface area contributed by atoms with Crippen molar-refractivity contribution >= 4 is 28.5 Å². The lowest BCUT2D eigenvalue weighted by Gasteiger charge is -2.14. The Labute approximate surface area is 169 Å². The zero-order valence-corrected chi connectivity index (χ0v) is 16.3. The number of aliphatic carboxylic acids is 1. The summed E-state index contributed by atoms with van der Waals surface area (Å²) < 4.78 is 5.36. The average Bonchev–Trinajstić information content (AvgIpc) is 3.12. The lowest BCUT2D eigenvalue weighted by Crippen LogP contribution is -2.40. The predicted octanol–water partition coefficient (Wildman–Crippen LogP) is 3.18. The number of aromatic amines is 1. The summed E-state index contributed by atoms with van der Waals surface area (Å²) in [7, 11) is 0. The topological polar surface area (TPSA) is 103 Å². The summed E-state index contributed by atoms with van der Waals surface area (Å²) in [5.74, 6) is -0.695. The van der Waals surface area contributed by atoms with Crippen LogP contribution in [0.2, 0.25) is 0 Å². The number of anilines is 1. The van der Waals surface area contributed by atoms with Gasteiger partial charge in [-0.05, 0) is 49.2 Å². The SMILES string of the molecule is CCOc1ccc(NC(=O)C[C@H](NCCc2c[nH]c3ccccc23)C(=O)O)cc1. The van der Waals surface area contributed by atoms with Gasteiger partial charge in [-0.15, -0.1) is 0 Å². The molecule has 1 heterocycles. The van der Waals surface area contributed by atoms with Crippen LogP contribution in [0, 0.1) is 0 Å². The van der Waals surface area contributed by atoms with Crippen LogP contribution in [0.4, 0.5) is 5.69 Å². The van der Waals surface area contributed by atoms with Crippen LogP contribution in [0.1, 0.15) is 18.9 Å². The van der Waals surface area contributed by atoms with Gasteiger partial charge in [-0.2, -0.15) is 0 Å². The number of rotatable bonds is 10. The highest BCUT2D eigenvalue weighted by atomic mass is 16.5. The van der Waals surface area contributed by atoms with E-state index in [4.69, 9.17) is 4.74 Å². The molecule has 7 nitrogen and oxygen atoms in total. The van der Waals surface area contributed by atoms with Gasteiger partial charge in [-0.3, -0.25) is 9.59 Å². The maximum Gasteiger partial charge on any atom is 0.321 e. The Morgan fingerprint density at radius 1 is 1.14 bits per heavy atom. The van der Waals surface area contributed by atoms with E-state index in [0.717, 1.165) is 16.5 Å². The second kappa shape index (κ2) is 9.75. The molecular weight excluding hydrogens is 370 g/mol. The minimum atomic E-state index is -1.05. The Bertz CT molecular complexity index is 966. The van der Waals surface area contributed by atoms with Crippen molar-refractivity contribution in [2.24, 2.45) is 0 Å². The number of hydrogen-bond donors (Lipinski definition) is 4. The summed E-state index contributed by atoms with van der Waals surface area (Å²) in [6.45, 7) is 2.92. The molecule has 3 rings (SSSR count). The number of benzene rings is 2. The molecule has 152 valence electrons. The second-order valence-corrected chi connectivity index (χ2v) is 6.66. The number of fused-ring (bicyclic) bond motifs is 1. The van der Waals surface area contributed by atoms with Gasteiger partial charge in [-0.1, -0.05) is 18.2 Å². The van der Waals surface area contributed by atoms with Crippen LogP contribution in [0.25, 0.3) is 10.9 Å². The Hall–Kier alpha value is -3.32. The van der Waals surface area contributed by atoms with E-state index < -0.39 is 12.0 Å². The van der Waals surface area contributed by atoms with E-state index in [1.54, 1.807) is 24.3 Å². The predicted molar refractivity (Wildman–Crippen MR) is 112 cm³/mol. The van der Waals surface area contributed by atoms with Crippen molar-refractivity contribution in [3.63, 3.8) is 0 Å². The molecule has 0 fully saturated rings. The molecule has 0 saturated heterocycles. The number of hydrogen-bond acceptors (Lipinski definition) is 4. The molecule has 7 heteroatoms. The number of para-hydroxylation sites is 1. The molecule has 0 aliphatic heterocycles. The van der Waals surface area contributed by atoms with Crippen LogP contribution in [-0.4, -0.2) is 41.2 Å². The van der Waals surface area contributed by atoms with Gasteiger partial charge >= 0.3 is 5.97 Å². The molecule has 0 unspecified atom stereocenters. The van der Waals surface area contributed by atoms with Gasteiger partial charge in [-0.25, -0.2) is 0 Å². The van der Waals surface area contributed by atoms with E-state index in [1.807, 2.05) is 37.4 Å². The Morgan fingerprint density at radius 2 is 1.90 bits per heavy atom. The zero-order chi connectivity index (χ0) is 20.6. The zero-order valence-electron chi connectivity index (χ0n) is 16.3. The molecule has 1 aromatic heterocycles. The van der Waals surface area contributed by atoms with Crippen LogP contribution in [0.15, 0.2) is 54.7 Å². The number of ether oxygens (including phenoxy) is 1. The molecule has 0 spiro atoms. The molecule has 3 aromatic rings. The molecule has 1 atom stereocenters.